The second-order valence-electron chi connectivity index (χ2n) is 1.47. The van der Waals surface area contributed by atoms with Gasteiger partial charge in [-0.05, 0) is 0 Å². The molecule has 0 unspecified atom stereocenters. The summed E-state index contributed by atoms with van der Waals surface area (Å²) in [6.45, 7) is 0.410. The van der Waals surface area contributed by atoms with E-state index in [0.717, 1.165) is 4.88 Å². The van der Waals surface area contributed by atoms with E-state index < -0.39 is 0 Å². The van der Waals surface area contributed by atoms with E-state index in [1.54, 1.807) is 0 Å². The molecule has 3 nitrogen and oxygen atoms in total. The molecule has 9 heavy (non-hydrogen) atoms. The topological polar surface area (TPSA) is 64.9 Å². The van der Waals surface area contributed by atoms with Gasteiger partial charge in [-0.1, -0.05) is 22.9 Å². The Morgan fingerprint density at radius 1 is 1.67 bits per heavy atom. The van der Waals surface area contributed by atoms with Gasteiger partial charge in [0.15, 0.2) is 5.13 Å². The molecule has 1 heterocycles. The highest BCUT2D eigenvalue weighted by Crippen LogP contribution is 2.23. The molecule has 0 bridgehead atoms. The predicted octanol–water partition coefficient (Wildman–Crippen LogP) is 0.837. The first-order chi connectivity index (χ1) is 4.24. The summed E-state index contributed by atoms with van der Waals surface area (Å²) in [5.41, 5.74) is 10.6. The van der Waals surface area contributed by atoms with E-state index in [2.05, 4.69) is 4.98 Å². The smallest absolute Gasteiger partial charge is 0.181 e. The lowest BCUT2D eigenvalue weighted by molar-refractivity contribution is 1.10. The molecule has 1 aromatic heterocycles. The van der Waals surface area contributed by atoms with Gasteiger partial charge in [-0.15, -0.1) is 0 Å². The van der Waals surface area contributed by atoms with Crippen LogP contribution in [0.2, 0.25) is 5.15 Å². The Kier molecular flexibility index (Phi) is 1.90. The summed E-state index contributed by atoms with van der Waals surface area (Å²) in [5.74, 6) is 0. The molecule has 0 saturated heterocycles. The van der Waals surface area contributed by atoms with Gasteiger partial charge in [0, 0.05) is 6.54 Å². The number of nitrogens with two attached hydrogens (primary N) is 2. The molecule has 0 saturated carbocycles. The Labute approximate surface area is 61.6 Å². The molecule has 1 rings (SSSR count). The monoisotopic (exact) mass is 163 g/mol. The highest BCUT2D eigenvalue weighted by molar-refractivity contribution is 7.15. The summed E-state index contributed by atoms with van der Waals surface area (Å²) < 4.78 is 0. The lowest BCUT2D eigenvalue weighted by atomic mass is 10.6. The number of hydrogen-bond donors (Lipinski definition) is 2. The van der Waals surface area contributed by atoms with Crippen LogP contribution >= 0.6 is 22.9 Å². The number of nitrogens with zero attached hydrogens (tertiary/aromatic N) is 1. The summed E-state index contributed by atoms with van der Waals surface area (Å²) in [7, 11) is 0. The van der Waals surface area contributed by atoms with Crippen LogP contribution in [0.5, 0.6) is 0 Å². The van der Waals surface area contributed by atoms with Crippen LogP contribution in [0.1, 0.15) is 4.88 Å². The maximum Gasteiger partial charge on any atom is 0.181 e. The van der Waals surface area contributed by atoms with Crippen molar-refractivity contribution in [1.82, 2.24) is 4.98 Å². The van der Waals surface area contributed by atoms with Gasteiger partial charge in [-0.25, -0.2) is 4.98 Å². The molecule has 0 spiro atoms. The number of thiazole rings is 1. The van der Waals surface area contributed by atoms with Gasteiger partial charge in [-0.2, -0.15) is 0 Å². The molecular weight excluding hydrogens is 158 g/mol. The minimum atomic E-state index is 0.410. The van der Waals surface area contributed by atoms with Gasteiger partial charge in [0.2, 0.25) is 0 Å². The zero-order chi connectivity index (χ0) is 6.85. The third-order valence-corrected chi connectivity index (χ3v) is 2.18. The van der Waals surface area contributed by atoms with Gasteiger partial charge < -0.3 is 11.5 Å². The molecule has 0 atom stereocenters. The Bertz CT molecular complexity index is 210. The van der Waals surface area contributed by atoms with Crippen molar-refractivity contribution in [3.8, 4) is 0 Å². The highest BCUT2D eigenvalue weighted by atomic mass is 35.5. The Morgan fingerprint density at radius 2 is 2.33 bits per heavy atom. The van der Waals surface area contributed by atoms with Crippen LogP contribution in [0.4, 0.5) is 5.13 Å². The summed E-state index contributed by atoms with van der Waals surface area (Å²) in [4.78, 5) is 4.61. The van der Waals surface area contributed by atoms with E-state index >= 15 is 0 Å². The number of nitrogen functional groups attached to an aromatic ring is 1. The third kappa shape index (κ3) is 1.32. The molecule has 5 heteroatoms. The van der Waals surface area contributed by atoms with Crippen LogP contribution < -0.4 is 11.5 Å². The highest BCUT2D eigenvalue weighted by Gasteiger charge is 2.02. The molecule has 0 aliphatic rings. The van der Waals surface area contributed by atoms with Crippen molar-refractivity contribution in [3.63, 3.8) is 0 Å². The second kappa shape index (κ2) is 2.51. The molecule has 0 aliphatic heterocycles. The zero-order valence-corrected chi connectivity index (χ0v) is 6.17. The summed E-state index contributed by atoms with van der Waals surface area (Å²) in [6.07, 6.45) is 0. The normalized spacial score (nSPS) is 10.0. The number of aromatic nitrogens is 1. The standard InChI is InChI=1S/C4H6ClN3S/c5-3-2(1-6)9-4(7)8-3/h1,6H2,(H2,7,8). The van der Waals surface area contributed by atoms with E-state index in [9.17, 15) is 0 Å². The minimum Gasteiger partial charge on any atom is -0.375 e. The quantitative estimate of drug-likeness (QED) is 0.645. The van der Waals surface area contributed by atoms with Crippen molar-refractivity contribution >= 4 is 28.1 Å². The first-order valence-corrected chi connectivity index (χ1v) is 3.54. The number of rotatable bonds is 1. The maximum atomic E-state index is 5.58. The summed E-state index contributed by atoms with van der Waals surface area (Å²) in [6, 6.07) is 0. The maximum absolute atomic E-state index is 5.58. The average molecular weight is 164 g/mol. The molecule has 0 amide bonds. The fourth-order valence-corrected chi connectivity index (χ4v) is 1.41. The van der Waals surface area contributed by atoms with Crippen molar-refractivity contribution in [1.29, 1.82) is 0 Å². The van der Waals surface area contributed by atoms with E-state index in [1.165, 1.54) is 11.3 Å². The molecule has 50 valence electrons. The molecular formula is C4H6ClN3S. The van der Waals surface area contributed by atoms with Gasteiger partial charge in [-0.3, -0.25) is 0 Å². The van der Waals surface area contributed by atoms with E-state index in [1.807, 2.05) is 0 Å². The van der Waals surface area contributed by atoms with Crippen molar-refractivity contribution in [2.75, 3.05) is 5.73 Å². The van der Waals surface area contributed by atoms with E-state index in [0.29, 0.717) is 16.8 Å². The van der Waals surface area contributed by atoms with Crippen molar-refractivity contribution in [2.24, 2.45) is 5.73 Å². The number of anilines is 1. The Morgan fingerprint density at radius 3 is 2.56 bits per heavy atom. The van der Waals surface area contributed by atoms with Gasteiger partial charge in [0.1, 0.15) is 5.15 Å². The molecule has 0 fully saturated rings. The van der Waals surface area contributed by atoms with Gasteiger partial charge in [0.05, 0.1) is 4.88 Å². The number of halogens is 1. The largest absolute Gasteiger partial charge is 0.375 e. The molecule has 0 radical (unpaired) electrons. The lowest BCUT2D eigenvalue weighted by Gasteiger charge is -1.83. The van der Waals surface area contributed by atoms with Crippen LogP contribution in [0.25, 0.3) is 0 Å². The zero-order valence-electron chi connectivity index (χ0n) is 4.60. The van der Waals surface area contributed by atoms with Crippen LogP contribution in [-0.2, 0) is 6.54 Å². The van der Waals surface area contributed by atoms with Gasteiger partial charge >= 0.3 is 0 Å². The van der Waals surface area contributed by atoms with Crippen LogP contribution in [0.3, 0.4) is 0 Å². The van der Waals surface area contributed by atoms with Crippen LogP contribution in [-0.4, -0.2) is 4.98 Å². The fourth-order valence-electron chi connectivity index (χ4n) is 0.476. The van der Waals surface area contributed by atoms with Crippen LogP contribution in [0.15, 0.2) is 0 Å². The lowest BCUT2D eigenvalue weighted by Crippen LogP contribution is -1.92. The Hall–Kier alpha value is -0.320. The van der Waals surface area contributed by atoms with E-state index in [-0.39, 0.29) is 0 Å². The minimum absolute atomic E-state index is 0.410. The number of hydrogen-bond acceptors (Lipinski definition) is 4. The summed E-state index contributed by atoms with van der Waals surface area (Å²) >= 11 is 6.91. The molecule has 0 aliphatic carbocycles. The predicted molar refractivity (Wildman–Crippen MR) is 39.4 cm³/mol. The van der Waals surface area contributed by atoms with Crippen molar-refractivity contribution in [2.45, 2.75) is 6.54 Å². The molecule has 1 aromatic rings. The van der Waals surface area contributed by atoms with E-state index in [4.69, 9.17) is 23.1 Å². The third-order valence-electron chi connectivity index (χ3n) is 0.852. The summed E-state index contributed by atoms with van der Waals surface area (Å²) in [5, 5.41) is 0.903. The second-order valence-corrected chi connectivity index (χ2v) is 2.94. The molecule has 0 aromatic carbocycles. The first kappa shape index (κ1) is 6.80. The average Bonchev–Trinajstić information content (AvgIpc) is 2.10. The van der Waals surface area contributed by atoms with Crippen LogP contribution in [0, 0.1) is 0 Å². The van der Waals surface area contributed by atoms with Crippen molar-refractivity contribution < 1.29 is 0 Å². The van der Waals surface area contributed by atoms with Gasteiger partial charge in [0.25, 0.3) is 0 Å². The SMILES string of the molecule is NCc1sc(N)nc1Cl. The fraction of sp³-hybridized carbons (Fsp3) is 0.250. The molecule has 4 N–H and O–H groups in total. The van der Waals surface area contributed by atoms with Crippen molar-refractivity contribution in [3.05, 3.63) is 10.0 Å². The first-order valence-electron chi connectivity index (χ1n) is 2.34. The Balaban J connectivity index is 3.01.